The zero-order valence-corrected chi connectivity index (χ0v) is 20.9. The third-order valence-corrected chi connectivity index (χ3v) is 7.69. The highest BCUT2D eigenvalue weighted by atomic mass is 32.2. The van der Waals surface area contributed by atoms with Crippen molar-refractivity contribution in [1.82, 2.24) is 0 Å². The summed E-state index contributed by atoms with van der Waals surface area (Å²) in [5.74, 6) is -1.82. The first kappa shape index (κ1) is 28.1. The fraction of sp³-hybridized carbons (Fsp3) is 0.462. The summed E-state index contributed by atoms with van der Waals surface area (Å²) in [5.41, 5.74) is -2.59. The van der Waals surface area contributed by atoms with Crippen molar-refractivity contribution in [2.75, 3.05) is 5.75 Å². The molecule has 0 radical (unpaired) electrons. The molecule has 1 fully saturated rings. The van der Waals surface area contributed by atoms with Gasteiger partial charge in [0, 0.05) is 28.6 Å². The lowest BCUT2D eigenvalue weighted by molar-refractivity contribution is -0.274. The molecule has 0 N–H and O–H groups in total. The molecule has 1 saturated heterocycles. The van der Waals surface area contributed by atoms with Crippen molar-refractivity contribution in [3.8, 4) is 0 Å². The lowest BCUT2D eigenvalue weighted by Gasteiger charge is -2.32. The van der Waals surface area contributed by atoms with Crippen LogP contribution in [0, 0.1) is 26.7 Å². The minimum Gasteiger partial charge on any atom is -0.461 e. The normalized spacial score (nSPS) is 21.3. The van der Waals surface area contributed by atoms with Crippen LogP contribution in [0.2, 0.25) is 0 Å². The lowest BCUT2D eigenvalue weighted by Crippen LogP contribution is -2.44. The number of benzene rings is 2. The summed E-state index contributed by atoms with van der Waals surface area (Å²) in [6, 6.07) is 7.45. The highest BCUT2D eigenvalue weighted by molar-refractivity contribution is 7.99. The molecule has 196 valence electrons. The van der Waals surface area contributed by atoms with Gasteiger partial charge in [-0.3, -0.25) is 9.59 Å². The number of hydrogen-bond acceptors (Lipinski definition) is 4. The zero-order chi connectivity index (χ0) is 27.0. The van der Waals surface area contributed by atoms with Gasteiger partial charge in [0.2, 0.25) is 0 Å². The van der Waals surface area contributed by atoms with E-state index in [1.807, 2.05) is 32.9 Å². The summed E-state index contributed by atoms with van der Waals surface area (Å²) in [6.07, 6.45) is -10.7. The maximum atomic E-state index is 14.2. The van der Waals surface area contributed by atoms with Gasteiger partial charge in [0.15, 0.2) is 5.78 Å². The lowest BCUT2D eigenvalue weighted by atomic mass is 9.82. The van der Waals surface area contributed by atoms with Crippen molar-refractivity contribution in [2.24, 2.45) is 5.92 Å². The molecule has 0 aliphatic carbocycles. The number of hydrogen-bond donors (Lipinski definition) is 0. The van der Waals surface area contributed by atoms with Crippen molar-refractivity contribution in [2.45, 2.75) is 69.3 Å². The van der Waals surface area contributed by atoms with Crippen molar-refractivity contribution >= 4 is 23.5 Å². The Morgan fingerprint density at radius 1 is 1.00 bits per heavy atom. The second-order valence-electron chi connectivity index (χ2n) is 9.21. The number of alkyl halides is 6. The Hall–Kier alpha value is -2.49. The molecule has 0 saturated carbocycles. The predicted molar refractivity (Wildman–Crippen MR) is 124 cm³/mol. The van der Waals surface area contributed by atoms with Gasteiger partial charge in [-0.15, -0.1) is 11.8 Å². The van der Waals surface area contributed by atoms with Gasteiger partial charge in [-0.05, 0) is 49.6 Å². The van der Waals surface area contributed by atoms with E-state index in [1.165, 1.54) is 11.8 Å². The molecule has 2 aromatic carbocycles. The molecule has 1 aliphatic rings. The molecule has 0 aromatic heterocycles. The molecular weight excluding hydrogens is 506 g/mol. The Labute approximate surface area is 209 Å². The Bertz CT molecular complexity index is 1090. The Kier molecular flexibility index (Phi) is 8.17. The Morgan fingerprint density at radius 2 is 1.56 bits per heavy atom. The van der Waals surface area contributed by atoms with Gasteiger partial charge < -0.3 is 4.74 Å². The average molecular weight is 533 g/mol. The number of ketones is 1. The summed E-state index contributed by atoms with van der Waals surface area (Å²) < 4.78 is 84.4. The van der Waals surface area contributed by atoms with Crippen LogP contribution in [0.5, 0.6) is 0 Å². The first-order valence-corrected chi connectivity index (χ1v) is 12.2. The maximum absolute atomic E-state index is 14.2. The summed E-state index contributed by atoms with van der Waals surface area (Å²) >= 11 is 1.17. The standard InChI is InChI=1S/C26H26F6O3S/c1-13-9-14(2)21(15(3)10-13)22-19(33)11-20(35-23(22)34)16(4)12-36-18-7-5-17(6-8-18)25(29,24(27)28)26(30,31)32/h5-10,16,20,22,24H,11-12H2,1-4H3. The van der Waals surface area contributed by atoms with Crippen LogP contribution in [-0.2, 0) is 20.0 Å². The zero-order valence-electron chi connectivity index (χ0n) is 20.1. The van der Waals surface area contributed by atoms with E-state index >= 15 is 0 Å². The van der Waals surface area contributed by atoms with Crippen LogP contribution in [0.4, 0.5) is 26.3 Å². The first-order chi connectivity index (χ1) is 16.7. The molecule has 36 heavy (non-hydrogen) atoms. The van der Waals surface area contributed by atoms with Gasteiger partial charge in [-0.25, -0.2) is 13.2 Å². The quantitative estimate of drug-likeness (QED) is 0.167. The van der Waals surface area contributed by atoms with Gasteiger partial charge in [0.25, 0.3) is 12.1 Å². The molecule has 0 bridgehead atoms. The molecule has 1 heterocycles. The number of carbonyl (C=O) groups excluding carboxylic acids is 2. The van der Waals surface area contributed by atoms with E-state index in [0.29, 0.717) is 28.3 Å². The highest BCUT2D eigenvalue weighted by Crippen LogP contribution is 2.47. The van der Waals surface area contributed by atoms with Crippen molar-refractivity contribution in [3.05, 3.63) is 64.2 Å². The second kappa shape index (κ2) is 10.5. The topological polar surface area (TPSA) is 43.4 Å². The van der Waals surface area contributed by atoms with Crippen molar-refractivity contribution < 1.29 is 40.7 Å². The van der Waals surface area contributed by atoms with E-state index < -0.39 is 41.8 Å². The molecule has 0 spiro atoms. The number of aryl methyl sites for hydroxylation is 3. The smallest absolute Gasteiger partial charge is 0.432 e. The molecule has 3 rings (SSSR count). The first-order valence-electron chi connectivity index (χ1n) is 11.2. The third kappa shape index (κ3) is 5.43. The third-order valence-electron chi connectivity index (χ3n) is 6.39. The SMILES string of the molecule is Cc1cc(C)c(C2C(=O)CC(C(C)CSc3ccc(C(F)(C(F)F)C(F)(F)F)cc3)OC2=O)c(C)c1. The molecule has 1 aliphatic heterocycles. The predicted octanol–water partition coefficient (Wildman–Crippen LogP) is 7.00. The number of halogens is 6. The minimum atomic E-state index is -5.77. The molecule has 2 aromatic rings. The monoisotopic (exact) mass is 532 g/mol. The molecule has 4 atom stereocenters. The van der Waals surface area contributed by atoms with Crippen LogP contribution < -0.4 is 0 Å². The average Bonchev–Trinajstić information content (AvgIpc) is 2.77. The number of rotatable bonds is 7. The van der Waals surface area contributed by atoms with E-state index in [0.717, 1.165) is 28.8 Å². The van der Waals surface area contributed by atoms with Crippen LogP contribution in [0.3, 0.4) is 0 Å². The number of thioether (sulfide) groups is 1. The van der Waals surface area contributed by atoms with Crippen LogP contribution in [0.15, 0.2) is 41.3 Å². The summed E-state index contributed by atoms with van der Waals surface area (Å²) in [7, 11) is 0. The largest absolute Gasteiger partial charge is 0.461 e. The van der Waals surface area contributed by atoms with E-state index in [-0.39, 0.29) is 18.1 Å². The van der Waals surface area contributed by atoms with Gasteiger partial charge in [0.1, 0.15) is 12.0 Å². The van der Waals surface area contributed by atoms with Gasteiger partial charge in [-0.1, -0.05) is 36.8 Å². The maximum Gasteiger partial charge on any atom is 0.432 e. The molecule has 3 nitrogen and oxygen atoms in total. The number of esters is 1. The van der Waals surface area contributed by atoms with Crippen LogP contribution >= 0.6 is 11.8 Å². The fourth-order valence-corrected chi connectivity index (χ4v) is 5.49. The minimum absolute atomic E-state index is 0.0220. The second-order valence-corrected chi connectivity index (χ2v) is 10.3. The van der Waals surface area contributed by atoms with Crippen LogP contribution in [0.1, 0.15) is 47.1 Å². The van der Waals surface area contributed by atoms with E-state index in [4.69, 9.17) is 4.74 Å². The van der Waals surface area contributed by atoms with Gasteiger partial charge in [-0.2, -0.15) is 13.2 Å². The summed E-state index contributed by atoms with van der Waals surface area (Å²) in [5, 5.41) is 0. The number of cyclic esters (lactones) is 1. The van der Waals surface area contributed by atoms with Crippen molar-refractivity contribution in [3.63, 3.8) is 0 Å². The van der Waals surface area contributed by atoms with E-state index in [2.05, 4.69) is 0 Å². The van der Waals surface area contributed by atoms with E-state index in [1.54, 1.807) is 6.92 Å². The number of ether oxygens (including phenoxy) is 1. The van der Waals surface area contributed by atoms with Crippen LogP contribution in [0.25, 0.3) is 0 Å². The fourth-order valence-electron chi connectivity index (χ4n) is 4.49. The van der Waals surface area contributed by atoms with Crippen molar-refractivity contribution in [1.29, 1.82) is 0 Å². The van der Waals surface area contributed by atoms with E-state index in [9.17, 15) is 35.9 Å². The van der Waals surface area contributed by atoms with Gasteiger partial charge in [0.05, 0.1) is 0 Å². The number of carbonyl (C=O) groups is 2. The molecular formula is C26H26F6O3S. The summed E-state index contributed by atoms with van der Waals surface area (Å²) in [4.78, 5) is 26.2. The van der Waals surface area contributed by atoms with Gasteiger partial charge >= 0.3 is 12.1 Å². The Balaban J connectivity index is 1.66. The molecule has 10 heteroatoms. The Morgan fingerprint density at radius 3 is 2.03 bits per heavy atom. The number of Topliss-reactive ketones (excluding diaryl/α,β-unsaturated/α-hetero) is 1. The summed E-state index contributed by atoms with van der Waals surface area (Å²) in [6.45, 7) is 7.38. The molecule has 0 amide bonds. The van der Waals surface area contributed by atoms with Crippen LogP contribution in [-0.4, -0.2) is 36.2 Å². The highest BCUT2D eigenvalue weighted by Gasteiger charge is 2.63. The molecule has 4 unspecified atom stereocenters.